The Bertz CT molecular complexity index is 575. The molecule has 0 aromatic heterocycles. The zero-order valence-electron chi connectivity index (χ0n) is 15.5. The van der Waals surface area contributed by atoms with Gasteiger partial charge in [-0.05, 0) is 56.8 Å². The maximum atomic E-state index is 4.93. The molecule has 1 aromatic rings. The molecule has 1 spiro atoms. The summed E-state index contributed by atoms with van der Waals surface area (Å²) in [5, 5.41) is 3.50. The van der Waals surface area contributed by atoms with Gasteiger partial charge in [0.1, 0.15) is 0 Å². The molecule has 1 aliphatic carbocycles. The number of aliphatic imine (C=N–C) groups is 1. The number of guanidine groups is 1. The van der Waals surface area contributed by atoms with E-state index in [1.54, 1.807) is 0 Å². The van der Waals surface area contributed by atoms with Crippen LogP contribution in [0.1, 0.15) is 43.7 Å². The molecule has 2 aliphatic rings. The summed E-state index contributed by atoms with van der Waals surface area (Å²) < 4.78 is 0. The number of hydrogen-bond acceptors (Lipinski definition) is 2. The van der Waals surface area contributed by atoms with Crippen LogP contribution in [0.15, 0.2) is 29.3 Å². The number of rotatable bonds is 5. The van der Waals surface area contributed by atoms with E-state index in [0.717, 1.165) is 32.1 Å². The quantitative estimate of drug-likeness (QED) is 0.666. The minimum Gasteiger partial charge on any atom is -0.357 e. The Labute approximate surface area is 146 Å². The molecule has 1 saturated carbocycles. The van der Waals surface area contributed by atoms with Crippen molar-refractivity contribution in [2.45, 2.75) is 45.7 Å². The fourth-order valence-corrected chi connectivity index (χ4v) is 3.98. The van der Waals surface area contributed by atoms with Crippen LogP contribution in [0, 0.1) is 5.41 Å². The predicted molar refractivity (Wildman–Crippen MR) is 101 cm³/mol. The van der Waals surface area contributed by atoms with E-state index in [-0.39, 0.29) is 0 Å². The van der Waals surface area contributed by atoms with Gasteiger partial charge < -0.3 is 15.1 Å². The summed E-state index contributed by atoms with van der Waals surface area (Å²) >= 11 is 0. The van der Waals surface area contributed by atoms with Crippen molar-refractivity contribution in [2.24, 2.45) is 10.4 Å². The van der Waals surface area contributed by atoms with Crippen LogP contribution >= 0.6 is 0 Å². The Morgan fingerprint density at radius 1 is 1.25 bits per heavy atom. The second-order valence-electron chi connectivity index (χ2n) is 7.75. The normalized spacial score (nSPS) is 19.8. The number of likely N-dealkylation sites (tertiary alicyclic amines) is 1. The first-order valence-electron chi connectivity index (χ1n) is 9.36. The van der Waals surface area contributed by atoms with E-state index in [1.807, 2.05) is 0 Å². The van der Waals surface area contributed by atoms with E-state index >= 15 is 0 Å². The van der Waals surface area contributed by atoms with E-state index < -0.39 is 0 Å². The molecule has 1 N–H and O–H groups in total. The van der Waals surface area contributed by atoms with E-state index in [9.17, 15) is 0 Å². The lowest BCUT2D eigenvalue weighted by Crippen LogP contribution is -2.42. The van der Waals surface area contributed by atoms with Gasteiger partial charge in [0.15, 0.2) is 5.96 Å². The van der Waals surface area contributed by atoms with Crippen LogP contribution in [0.25, 0.3) is 0 Å². The Hall–Kier alpha value is -1.55. The molecule has 1 heterocycles. The van der Waals surface area contributed by atoms with Gasteiger partial charge in [-0.3, -0.25) is 0 Å². The highest BCUT2D eigenvalue weighted by molar-refractivity contribution is 5.80. The summed E-state index contributed by atoms with van der Waals surface area (Å²) in [6.45, 7) is 7.18. The van der Waals surface area contributed by atoms with Gasteiger partial charge in [-0.1, -0.05) is 30.7 Å². The molecule has 0 bridgehead atoms. The third kappa shape index (κ3) is 4.10. The Balaban J connectivity index is 1.65. The molecule has 0 amide bonds. The van der Waals surface area contributed by atoms with Crippen LogP contribution in [-0.2, 0) is 13.1 Å². The first kappa shape index (κ1) is 17.3. The van der Waals surface area contributed by atoms with Crippen LogP contribution in [-0.4, -0.2) is 49.5 Å². The number of nitrogens with one attached hydrogen (secondary N) is 1. The van der Waals surface area contributed by atoms with Gasteiger partial charge in [0.25, 0.3) is 0 Å². The molecule has 1 aromatic carbocycles. The average molecular weight is 329 g/mol. The molecular weight excluding hydrogens is 296 g/mol. The van der Waals surface area contributed by atoms with Gasteiger partial charge in [0, 0.05) is 26.2 Å². The van der Waals surface area contributed by atoms with E-state index in [2.05, 4.69) is 60.4 Å². The summed E-state index contributed by atoms with van der Waals surface area (Å²) in [7, 11) is 4.22. The molecule has 0 atom stereocenters. The van der Waals surface area contributed by atoms with Gasteiger partial charge in [0.2, 0.25) is 0 Å². The Morgan fingerprint density at radius 3 is 2.67 bits per heavy atom. The van der Waals surface area contributed by atoms with Crippen molar-refractivity contribution in [1.82, 2.24) is 15.1 Å². The van der Waals surface area contributed by atoms with Crippen LogP contribution in [0.5, 0.6) is 0 Å². The summed E-state index contributed by atoms with van der Waals surface area (Å²) in [5.41, 5.74) is 3.26. The number of nitrogens with zero attached hydrogens (tertiary/aromatic N) is 3. The maximum Gasteiger partial charge on any atom is 0.194 e. The highest BCUT2D eigenvalue weighted by atomic mass is 15.3. The van der Waals surface area contributed by atoms with Crippen molar-refractivity contribution < 1.29 is 0 Å². The van der Waals surface area contributed by atoms with Gasteiger partial charge in [-0.2, -0.15) is 0 Å². The van der Waals surface area contributed by atoms with Crippen molar-refractivity contribution in [3.05, 3.63) is 35.4 Å². The molecular formula is C20H32N4. The van der Waals surface area contributed by atoms with Gasteiger partial charge in [-0.25, -0.2) is 4.99 Å². The van der Waals surface area contributed by atoms with Crippen LogP contribution in [0.4, 0.5) is 0 Å². The summed E-state index contributed by atoms with van der Waals surface area (Å²) in [6, 6.07) is 8.81. The molecule has 3 rings (SSSR count). The maximum absolute atomic E-state index is 4.93. The minimum absolute atomic E-state index is 0.613. The molecule has 0 radical (unpaired) electrons. The fourth-order valence-electron chi connectivity index (χ4n) is 3.98. The third-order valence-electron chi connectivity index (χ3n) is 5.39. The summed E-state index contributed by atoms with van der Waals surface area (Å²) in [4.78, 5) is 9.61. The van der Waals surface area contributed by atoms with Crippen LogP contribution < -0.4 is 5.32 Å². The SMILES string of the molecule is CCNC(=NCc1cccc(CN(C)C)c1)N1CCC2(CCC2)C1. The van der Waals surface area contributed by atoms with Crippen molar-refractivity contribution in [3.8, 4) is 0 Å². The van der Waals surface area contributed by atoms with Crippen molar-refractivity contribution >= 4 is 5.96 Å². The van der Waals surface area contributed by atoms with Crippen molar-refractivity contribution in [2.75, 3.05) is 33.7 Å². The zero-order chi connectivity index (χ0) is 17.0. The smallest absolute Gasteiger partial charge is 0.194 e. The Morgan fingerprint density at radius 2 is 2.04 bits per heavy atom. The van der Waals surface area contributed by atoms with E-state index in [0.29, 0.717) is 5.41 Å². The third-order valence-corrected chi connectivity index (χ3v) is 5.39. The second kappa shape index (κ2) is 7.56. The first-order chi connectivity index (χ1) is 11.6. The lowest BCUT2D eigenvalue weighted by molar-refractivity contribution is 0.151. The van der Waals surface area contributed by atoms with Gasteiger partial charge >= 0.3 is 0 Å². The minimum atomic E-state index is 0.613. The molecule has 1 aliphatic heterocycles. The van der Waals surface area contributed by atoms with Crippen molar-refractivity contribution in [3.63, 3.8) is 0 Å². The lowest BCUT2D eigenvalue weighted by Gasteiger charge is -2.38. The Kier molecular flexibility index (Phi) is 5.44. The highest BCUT2D eigenvalue weighted by Gasteiger charge is 2.43. The predicted octanol–water partition coefficient (Wildman–Crippen LogP) is 3.09. The summed E-state index contributed by atoms with van der Waals surface area (Å²) in [6.07, 6.45) is 5.58. The number of hydrogen-bond donors (Lipinski definition) is 1. The van der Waals surface area contributed by atoms with E-state index in [4.69, 9.17) is 4.99 Å². The fraction of sp³-hybridized carbons (Fsp3) is 0.650. The van der Waals surface area contributed by atoms with Gasteiger partial charge in [-0.15, -0.1) is 0 Å². The molecule has 24 heavy (non-hydrogen) atoms. The highest BCUT2D eigenvalue weighted by Crippen LogP contribution is 2.47. The van der Waals surface area contributed by atoms with E-state index in [1.165, 1.54) is 43.4 Å². The summed E-state index contributed by atoms with van der Waals surface area (Å²) in [5.74, 6) is 1.10. The largest absolute Gasteiger partial charge is 0.357 e. The molecule has 1 saturated heterocycles. The second-order valence-corrected chi connectivity index (χ2v) is 7.75. The van der Waals surface area contributed by atoms with Gasteiger partial charge in [0.05, 0.1) is 6.54 Å². The average Bonchev–Trinajstić information content (AvgIpc) is 2.97. The standard InChI is InChI=1S/C20H32N4/c1-4-21-19(24-12-11-20(16-24)9-6-10-20)22-14-17-7-5-8-18(13-17)15-23(2)3/h5,7-8,13H,4,6,9-12,14-16H2,1-3H3,(H,21,22). The molecule has 4 nitrogen and oxygen atoms in total. The molecule has 0 unspecified atom stereocenters. The lowest BCUT2D eigenvalue weighted by atomic mass is 9.68. The first-order valence-corrected chi connectivity index (χ1v) is 9.36. The van der Waals surface area contributed by atoms with Crippen LogP contribution in [0.3, 0.4) is 0 Å². The molecule has 132 valence electrons. The van der Waals surface area contributed by atoms with Crippen molar-refractivity contribution in [1.29, 1.82) is 0 Å². The monoisotopic (exact) mass is 328 g/mol. The molecule has 4 heteroatoms. The van der Waals surface area contributed by atoms with Crippen LogP contribution in [0.2, 0.25) is 0 Å². The number of benzene rings is 1. The topological polar surface area (TPSA) is 30.9 Å². The zero-order valence-corrected chi connectivity index (χ0v) is 15.5. The molecule has 2 fully saturated rings.